The molecule has 0 saturated heterocycles. The number of aryl methyl sites for hydroxylation is 4. The fraction of sp³-hybridized carbons (Fsp3) is 0.280. The first-order valence-corrected chi connectivity index (χ1v) is 11.6. The van der Waals surface area contributed by atoms with Crippen molar-refractivity contribution < 1.29 is 9.59 Å². The van der Waals surface area contributed by atoms with Gasteiger partial charge in [0.05, 0.1) is 12.2 Å². The van der Waals surface area contributed by atoms with Crippen LogP contribution in [0.4, 0.5) is 11.4 Å². The van der Waals surface area contributed by atoms with Gasteiger partial charge in [-0.15, -0.1) is 16.8 Å². The zero-order valence-electron chi connectivity index (χ0n) is 19.4. The van der Waals surface area contributed by atoms with E-state index in [0.717, 1.165) is 28.1 Å². The molecule has 0 aliphatic rings. The van der Waals surface area contributed by atoms with Gasteiger partial charge >= 0.3 is 0 Å². The van der Waals surface area contributed by atoms with Crippen molar-refractivity contribution in [2.24, 2.45) is 0 Å². The number of nitrogens with one attached hydrogen (secondary N) is 2. The highest BCUT2D eigenvalue weighted by atomic mass is 32.2. The molecule has 0 aliphatic carbocycles. The number of carbonyl (C=O) groups excluding carboxylic acids is 2. The van der Waals surface area contributed by atoms with Gasteiger partial charge in [-0.25, -0.2) is 0 Å². The SMILES string of the molecule is C=CCn1c(CC(=O)Nc2ccc(C)c(C)c2)nnc1SCC(=O)Nc1cc(C)cc(C)c1. The van der Waals surface area contributed by atoms with Crippen molar-refractivity contribution in [2.75, 3.05) is 16.4 Å². The highest BCUT2D eigenvalue weighted by Crippen LogP contribution is 2.20. The third-order valence-electron chi connectivity index (χ3n) is 5.05. The van der Waals surface area contributed by atoms with Crippen molar-refractivity contribution in [1.29, 1.82) is 0 Å². The topological polar surface area (TPSA) is 88.9 Å². The van der Waals surface area contributed by atoms with Crippen molar-refractivity contribution in [3.8, 4) is 0 Å². The maximum Gasteiger partial charge on any atom is 0.234 e. The maximum absolute atomic E-state index is 12.6. The largest absolute Gasteiger partial charge is 0.326 e. The summed E-state index contributed by atoms with van der Waals surface area (Å²) < 4.78 is 1.81. The summed E-state index contributed by atoms with van der Waals surface area (Å²) in [6.45, 7) is 12.2. The van der Waals surface area contributed by atoms with E-state index in [0.29, 0.717) is 17.5 Å². The first kappa shape index (κ1) is 24.3. The quantitative estimate of drug-likeness (QED) is 0.357. The van der Waals surface area contributed by atoms with Crippen LogP contribution < -0.4 is 10.6 Å². The van der Waals surface area contributed by atoms with Crippen LogP contribution in [0.5, 0.6) is 0 Å². The molecule has 3 aromatic rings. The van der Waals surface area contributed by atoms with Gasteiger partial charge in [0, 0.05) is 17.9 Å². The third kappa shape index (κ3) is 6.79. The van der Waals surface area contributed by atoms with Gasteiger partial charge in [0.25, 0.3) is 0 Å². The summed E-state index contributed by atoms with van der Waals surface area (Å²) in [6, 6.07) is 11.7. The van der Waals surface area contributed by atoms with Crippen LogP contribution in [0.2, 0.25) is 0 Å². The monoisotopic (exact) mass is 463 g/mol. The minimum absolute atomic E-state index is 0.0725. The van der Waals surface area contributed by atoms with E-state index >= 15 is 0 Å². The fourth-order valence-corrected chi connectivity index (χ4v) is 4.18. The standard InChI is InChI=1S/C25H29N5O2S/c1-6-9-30-22(14-23(31)26-20-8-7-18(4)19(5)13-20)28-29-25(30)33-15-24(32)27-21-11-16(2)10-17(3)12-21/h6-8,10-13H,1,9,14-15H2,2-5H3,(H,26,31)(H,27,32). The second-order valence-corrected chi connectivity index (χ2v) is 8.98. The molecule has 0 spiro atoms. The molecule has 1 aromatic heterocycles. The first-order valence-electron chi connectivity index (χ1n) is 10.7. The van der Waals surface area contributed by atoms with E-state index in [-0.39, 0.29) is 24.0 Å². The zero-order chi connectivity index (χ0) is 24.0. The normalized spacial score (nSPS) is 10.7. The molecular formula is C25H29N5O2S. The molecule has 3 rings (SSSR count). The van der Waals surface area contributed by atoms with Gasteiger partial charge < -0.3 is 15.2 Å². The number of benzene rings is 2. The second kappa shape index (κ2) is 11.0. The van der Waals surface area contributed by atoms with Crippen molar-refractivity contribution >= 4 is 35.0 Å². The Bertz CT molecular complexity index is 1170. The van der Waals surface area contributed by atoms with E-state index < -0.39 is 0 Å². The summed E-state index contributed by atoms with van der Waals surface area (Å²) in [7, 11) is 0. The summed E-state index contributed by atoms with van der Waals surface area (Å²) in [6.07, 6.45) is 1.79. The van der Waals surface area contributed by atoms with E-state index in [1.807, 2.05) is 62.6 Å². The molecule has 0 aliphatic heterocycles. The molecule has 7 nitrogen and oxygen atoms in total. The Balaban J connectivity index is 1.63. The van der Waals surface area contributed by atoms with E-state index in [1.54, 1.807) is 6.08 Å². The molecule has 33 heavy (non-hydrogen) atoms. The number of hydrogen-bond acceptors (Lipinski definition) is 5. The lowest BCUT2D eigenvalue weighted by Crippen LogP contribution is -2.18. The number of hydrogen-bond donors (Lipinski definition) is 2. The van der Waals surface area contributed by atoms with Crippen LogP contribution in [-0.2, 0) is 22.6 Å². The Labute approximate surface area is 198 Å². The van der Waals surface area contributed by atoms with Gasteiger partial charge in [0.15, 0.2) is 5.16 Å². The summed E-state index contributed by atoms with van der Waals surface area (Å²) in [5.74, 6) is 0.387. The number of carbonyl (C=O) groups is 2. The Morgan fingerprint density at radius 2 is 1.64 bits per heavy atom. The number of aromatic nitrogens is 3. The fourth-order valence-electron chi connectivity index (χ4n) is 3.41. The smallest absolute Gasteiger partial charge is 0.234 e. The molecule has 2 N–H and O–H groups in total. The van der Waals surface area contributed by atoms with Crippen molar-refractivity contribution in [3.63, 3.8) is 0 Å². The van der Waals surface area contributed by atoms with E-state index in [2.05, 4.69) is 33.5 Å². The Morgan fingerprint density at radius 3 is 2.30 bits per heavy atom. The Morgan fingerprint density at radius 1 is 0.939 bits per heavy atom. The number of nitrogens with zero attached hydrogens (tertiary/aromatic N) is 3. The molecule has 0 unspecified atom stereocenters. The van der Waals surface area contributed by atoms with Crippen LogP contribution in [0.25, 0.3) is 0 Å². The van der Waals surface area contributed by atoms with Crippen LogP contribution in [0, 0.1) is 27.7 Å². The Kier molecular flexibility index (Phi) is 8.06. The summed E-state index contributed by atoms with van der Waals surface area (Å²) in [4.78, 5) is 25.0. The van der Waals surface area contributed by atoms with Gasteiger partial charge in [-0.3, -0.25) is 9.59 Å². The van der Waals surface area contributed by atoms with Gasteiger partial charge in [0.2, 0.25) is 11.8 Å². The third-order valence-corrected chi connectivity index (χ3v) is 6.02. The minimum Gasteiger partial charge on any atom is -0.326 e. The van der Waals surface area contributed by atoms with Gasteiger partial charge in [-0.05, 0) is 74.2 Å². The maximum atomic E-state index is 12.6. The number of allylic oxidation sites excluding steroid dienone is 1. The lowest BCUT2D eigenvalue weighted by atomic mass is 10.1. The molecule has 2 amide bonds. The summed E-state index contributed by atoms with van der Waals surface area (Å²) in [5.41, 5.74) is 5.98. The predicted molar refractivity (Wildman–Crippen MR) is 134 cm³/mol. The van der Waals surface area contributed by atoms with Crippen molar-refractivity contribution in [1.82, 2.24) is 14.8 Å². The summed E-state index contributed by atoms with van der Waals surface area (Å²) >= 11 is 1.28. The average Bonchev–Trinajstić information content (AvgIpc) is 3.10. The van der Waals surface area contributed by atoms with Gasteiger partial charge in [-0.1, -0.05) is 30.0 Å². The molecular weight excluding hydrogens is 434 g/mol. The van der Waals surface area contributed by atoms with Crippen LogP contribution in [0.1, 0.15) is 28.1 Å². The number of thioether (sulfide) groups is 1. The molecule has 0 atom stereocenters. The molecule has 1 heterocycles. The summed E-state index contributed by atoms with van der Waals surface area (Å²) in [5, 5.41) is 14.8. The number of rotatable bonds is 9. The van der Waals surface area contributed by atoms with Gasteiger partial charge in [0.1, 0.15) is 5.82 Å². The zero-order valence-corrected chi connectivity index (χ0v) is 20.3. The lowest BCUT2D eigenvalue weighted by molar-refractivity contribution is -0.116. The van der Waals surface area contributed by atoms with E-state index in [1.165, 1.54) is 17.3 Å². The number of anilines is 2. The van der Waals surface area contributed by atoms with Gasteiger partial charge in [-0.2, -0.15) is 0 Å². The van der Waals surface area contributed by atoms with Crippen molar-refractivity contribution in [2.45, 2.75) is 45.8 Å². The molecule has 172 valence electrons. The lowest BCUT2D eigenvalue weighted by Gasteiger charge is -2.10. The molecule has 0 bridgehead atoms. The molecule has 8 heteroatoms. The van der Waals surface area contributed by atoms with Crippen molar-refractivity contribution in [3.05, 3.63) is 77.1 Å². The van der Waals surface area contributed by atoms with Crippen LogP contribution in [0.15, 0.2) is 54.2 Å². The second-order valence-electron chi connectivity index (χ2n) is 8.04. The highest BCUT2D eigenvalue weighted by Gasteiger charge is 2.16. The molecule has 0 radical (unpaired) electrons. The Hall–Kier alpha value is -3.39. The molecule has 2 aromatic carbocycles. The predicted octanol–water partition coefficient (Wildman–Crippen LogP) is 4.61. The first-order chi connectivity index (χ1) is 15.7. The highest BCUT2D eigenvalue weighted by molar-refractivity contribution is 7.99. The van der Waals surface area contributed by atoms with E-state index in [9.17, 15) is 9.59 Å². The molecule has 0 saturated carbocycles. The minimum atomic E-state index is -0.180. The average molecular weight is 464 g/mol. The van der Waals surface area contributed by atoms with E-state index in [4.69, 9.17) is 0 Å². The van der Waals surface area contributed by atoms with Crippen LogP contribution in [0.3, 0.4) is 0 Å². The van der Waals surface area contributed by atoms with Crippen LogP contribution in [-0.4, -0.2) is 32.3 Å². The molecule has 0 fully saturated rings. The van der Waals surface area contributed by atoms with Crippen LogP contribution >= 0.6 is 11.8 Å². The number of amides is 2.